The number of carboxylic acid groups (broad SMARTS) is 1. The fourth-order valence-electron chi connectivity index (χ4n) is 2.32. The van der Waals surface area contributed by atoms with Crippen LogP contribution in [0, 0.1) is 16.7 Å². The van der Waals surface area contributed by atoms with Crippen molar-refractivity contribution < 1.29 is 9.90 Å². The number of pyridine rings is 1. The number of carboxylic acids is 1. The molecule has 1 aliphatic heterocycles. The Morgan fingerprint density at radius 2 is 2.44 bits per heavy atom. The topological polar surface area (TPSA) is 77.2 Å². The fraction of sp³-hybridized carbons (Fsp3) is 0.462. The summed E-state index contributed by atoms with van der Waals surface area (Å²) in [4.78, 5) is 17.5. The zero-order chi connectivity index (χ0) is 13.2. The Kier molecular flexibility index (Phi) is 3.19. The van der Waals surface area contributed by atoms with Crippen molar-refractivity contribution in [3.63, 3.8) is 0 Å². The molecule has 18 heavy (non-hydrogen) atoms. The second kappa shape index (κ2) is 4.65. The van der Waals surface area contributed by atoms with Crippen LogP contribution >= 0.6 is 0 Å². The maximum Gasteiger partial charge on any atom is 0.311 e. The van der Waals surface area contributed by atoms with Gasteiger partial charge in [-0.1, -0.05) is 6.92 Å². The third kappa shape index (κ3) is 2.02. The fourth-order valence-corrected chi connectivity index (χ4v) is 2.32. The van der Waals surface area contributed by atoms with Crippen LogP contribution in [0.3, 0.4) is 0 Å². The van der Waals surface area contributed by atoms with Gasteiger partial charge in [0.25, 0.3) is 0 Å². The average molecular weight is 245 g/mol. The Hall–Kier alpha value is -2.09. The van der Waals surface area contributed by atoms with E-state index in [4.69, 9.17) is 5.26 Å². The number of hydrogen-bond acceptors (Lipinski definition) is 4. The summed E-state index contributed by atoms with van der Waals surface area (Å²) in [6.45, 7) is 3.08. The number of nitriles is 1. The van der Waals surface area contributed by atoms with E-state index in [1.54, 1.807) is 12.1 Å². The molecule has 0 aromatic carbocycles. The van der Waals surface area contributed by atoms with E-state index in [-0.39, 0.29) is 0 Å². The van der Waals surface area contributed by atoms with Gasteiger partial charge in [-0.05, 0) is 25.0 Å². The molecule has 1 N–H and O–H groups in total. The second-order valence-electron chi connectivity index (χ2n) is 4.63. The van der Waals surface area contributed by atoms with Crippen LogP contribution < -0.4 is 4.90 Å². The van der Waals surface area contributed by atoms with Crippen LogP contribution in [0.4, 0.5) is 5.82 Å². The zero-order valence-electron chi connectivity index (χ0n) is 10.3. The number of rotatable bonds is 3. The molecule has 0 bridgehead atoms. The van der Waals surface area contributed by atoms with Crippen molar-refractivity contribution >= 4 is 11.8 Å². The average Bonchev–Trinajstić information content (AvgIpc) is 2.84. The summed E-state index contributed by atoms with van der Waals surface area (Å²) < 4.78 is 0. The number of aliphatic carboxylic acids is 1. The first-order valence-electron chi connectivity index (χ1n) is 5.96. The van der Waals surface area contributed by atoms with E-state index >= 15 is 0 Å². The largest absolute Gasteiger partial charge is 0.481 e. The summed E-state index contributed by atoms with van der Waals surface area (Å²) in [7, 11) is 0. The highest BCUT2D eigenvalue weighted by Crippen LogP contribution is 2.35. The van der Waals surface area contributed by atoms with Gasteiger partial charge < -0.3 is 10.0 Å². The third-order valence-electron chi connectivity index (χ3n) is 3.69. The van der Waals surface area contributed by atoms with Crippen molar-refractivity contribution in [3.8, 4) is 6.07 Å². The van der Waals surface area contributed by atoms with Gasteiger partial charge >= 0.3 is 5.97 Å². The number of carbonyl (C=O) groups is 1. The van der Waals surface area contributed by atoms with Crippen LogP contribution in [0.5, 0.6) is 0 Å². The molecular weight excluding hydrogens is 230 g/mol. The molecule has 2 rings (SSSR count). The van der Waals surface area contributed by atoms with Gasteiger partial charge in [0.15, 0.2) is 0 Å². The van der Waals surface area contributed by atoms with Crippen molar-refractivity contribution in [2.45, 2.75) is 19.8 Å². The molecule has 0 spiro atoms. The molecule has 2 heterocycles. The van der Waals surface area contributed by atoms with E-state index in [1.165, 1.54) is 6.20 Å². The molecule has 1 aliphatic rings. The monoisotopic (exact) mass is 245 g/mol. The minimum absolute atomic E-state index is 0.484. The normalized spacial score (nSPS) is 22.8. The molecule has 5 nitrogen and oxygen atoms in total. The lowest BCUT2D eigenvalue weighted by atomic mass is 9.84. The smallest absolute Gasteiger partial charge is 0.311 e. The van der Waals surface area contributed by atoms with E-state index in [0.717, 1.165) is 5.82 Å². The first kappa shape index (κ1) is 12.4. The van der Waals surface area contributed by atoms with Gasteiger partial charge in [-0.2, -0.15) is 5.26 Å². The third-order valence-corrected chi connectivity index (χ3v) is 3.69. The lowest BCUT2D eigenvalue weighted by Gasteiger charge is -2.23. The van der Waals surface area contributed by atoms with E-state index in [9.17, 15) is 9.90 Å². The Morgan fingerprint density at radius 3 is 2.89 bits per heavy atom. The predicted octanol–water partition coefficient (Wildman–Crippen LogP) is 1.64. The van der Waals surface area contributed by atoms with Crippen molar-refractivity contribution in [2.24, 2.45) is 5.41 Å². The predicted molar refractivity (Wildman–Crippen MR) is 66.1 cm³/mol. The van der Waals surface area contributed by atoms with E-state index in [1.807, 2.05) is 17.9 Å². The van der Waals surface area contributed by atoms with Gasteiger partial charge in [-0.25, -0.2) is 4.98 Å². The van der Waals surface area contributed by atoms with Crippen molar-refractivity contribution in [1.29, 1.82) is 5.26 Å². The van der Waals surface area contributed by atoms with E-state index in [0.29, 0.717) is 31.5 Å². The van der Waals surface area contributed by atoms with Gasteiger partial charge in [0.2, 0.25) is 0 Å². The van der Waals surface area contributed by atoms with Crippen LogP contribution in [-0.2, 0) is 4.79 Å². The van der Waals surface area contributed by atoms with Crippen LogP contribution in [0.1, 0.15) is 25.3 Å². The van der Waals surface area contributed by atoms with Gasteiger partial charge in [-0.15, -0.1) is 0 Å². The summed E-state index contributed by atoms with van der Waals surface area (Å²) in [5.74, 6) is 0.00622. The molecule has 1 aromatic rings. The molecule has 1 unspecified atom stereocenters. The standard InChI is InChI=1S/C13H15N3O2/c1-2-13(12(17)18)5-6-16(9-13)11-4-3-10(7-14)8-15-11/h3-4,8H,2,5-6,9H2,1H3,(H,17,18). The molecule has 5 heteroatoms. The molecule has 0 saturated carbocycles. The van der Waals surface area contributed by atoms with E-state index in [2.05, 4.69) is 4.98 Å². The molecule has 0 aliphatic carbocycles. The first-order valence-corrected chi connectivity index (χ1v) is 5.96. The Balaban J connectivity index is 2.17. The highest BCUT2D eigenvalue weighted by atomic mass is 16.4. The number of aromatic nitrogens is 1. The molecule has 0 amide bonds. The summed E-state index contributed by atoms with van der Waals surface area (Å²) in [6, 6.07) is 5.49. The first-order chi connectivity index (χ1) is 8.61. The summed E-state index contributed by atoms with van der Waals surface area (Å²) in [5.41, 5.74) is -0.145. The van der Waals surface area contributed by atoms with Crippen molar-refractivity contribution in [2.75, 3.05) is 18.0 Å². The molecule has 0 radical (unpaired) electrons. The summed E-state index contributed by atoms with van der Waals surface area (Å²) in [6.07, 6.45) is 2.78. The molecule has 1 fully saturated rings. The molecule has 94 valence electrons. The lowest BCUT2D eigenvalue weighted by Crippen LogP contribution is -2.34. The van der Waals surface area contributed by atoms with Gasteiger partial charge in [-0.3, -0.25) is 4.79 Å². The van der Waals surface area contributed by atoms with Crippen LogP contribution in [-0.4, -0.2) is 29.1 Å². The lowest BCUT2D eigenvalue weighted by molar-refractivity contribution is -0.147. The highest BCUT2D eigenvalue weighted by Gasteiger charge is 2.43. The van der Waals surface area contributed by atoms with Gasteiger partial charge in [0.1, 0.15) is 11.9 Å². The Bertz CT molecular complexity index is 492. The molecular formula is C13H15N3O2. The summed E-state index contributed by atoms with van der Waals surface area (Å²) in [5, 5.41) is 18.0. The maximum atomic E-state index is 11.3. The Labute approximate surface area is 106 Å². The highest BCUT2D eigenvalue weighted by molar-refractivity contribution is 5.76. The minimum Gasteiger partial charge on any atom is -0.481 e. The van der Waals surface area contributed by atoms with Crippen molar-refractivity contribution in [1.82, 2.24) is 4.98 Å². The van der Waals surface area contributed by atoms with Crippen LogP contribution in [0.25, 0.3) is 0 Å². The van der Waals surface area contributed by atoms with Crippen molar-refractivity contribution in [3.05, 3.63) is 23.9 Å². The van der Waals surface area contributed by atoms with Gasteiger partial charge in [0, 0.05) is 19.3 Å². The number of anilines is 1. The van der Waals surface area contributed by atoms with Crippen LogP contribution in [0.2, 0.25) is 0 Å². The maximum absolute atomic E-state index is 11.3. The molecule has 1 atom stereocenters. The number of hydrogen-bond donors (Lipinski definition) is 1. The second-order valence-corrected chi connectivity index (χ2v) is 4.63. The zero-order valence-corrected chi connectivity index (χ0v) is 10.3. The summed E-state index contributed by atoms with van der Waals surface area (Å²) >= 11 is 0. The Morgan fingerprint density at radius 1 is 1.67 bits per heavy atom. The molecule has 1 aromatic heterocycles. The number of nitrogens with zero attached hydrogens (tertiary/aromatic N) is 3. The SMILES string of the molecule is CCC1(C(=O)O)CCN(c2ccc(C#N)cn2)C1. The molecule has 1 saturated heterocycles. The van der Waals surface area contributed by atoms with Crippen LogP contribution in [0.15, 0.2) is 18.3 Å². The van der Waals surface area contributed by atoms with E-state index < -0.39 is 11.4 Å². The van der Waals surface area contributed by atoms with Gasteiger partial charge in [0.05, 0.1) is 11.0 Å². The quantitative estimate of drug-likeness (QED) is 0.876. The minimum atomic E-state index is -0.735.